The maximum Gasteiger partial charge on any atom is 0.416 e. The minimum atomic E-state index is -4.57. The highest BCUT2D eigenvalue weighted by atomic mass is 32.2. The molecule has 118 valence electrons. The fourth-order valence-electron chi connectivity index (χ4n) is 2.30. The Balaban J connectivity index is 2.27. The van der Waals surface area contributed by atoms with Gasteiger partial charge in [-0.15, -0.1) is 0 Å². The van der Waals surface area contributed by atoms with E-state index in [1.807, 2.05) is 0 Å². The molecule has 0 unspecified atom stereocenters. The summed E-state index contributed by atoms with van der Waals surface area (Å²) in [6.45, 7) is 3.10. The molecule has 0 bridgehead atoms. The zero-order valence-corrected chi connectivity index (χ0v) is 12.3. The molecule has 0 atom stereocenters. The third-order valence-corrected chi connectivity index (χ3v) is 5.20. The number of halogens is 3. The molecule has 4 nitrogen and oxygen atoms in total. The Bertz CT molecular complexity index is 608. The Labute approximate surface area is 121 Å². The van der Waals surface area contributed by atoms with Gasteiger partial charge in [0.25, 0.3) is 0 Å². The largest absolute Gasteiger partial charge is 0.416 e. The Hall–Kier alpha value is -1.12. The van der Waals surface area contributed by atoms with Crippen LogP contribution in [0.15, 0.2) is 29.2 Å². The van der Waals surface area contributed by atoms with Crippen LogP contribution in [0.2, 0.25) is 0 Å². The second-order valence-electron chi connectivity index (χ2n) is 5.44. The number of hydrogen-bond acceptors (Lipinski definition) is 3. The molecule has 0 radical (unpaired) electrons. The third-order valence-electron chi connectivity index (χ3n) is 3.56. The van der Waals surface area contributed by atoms with Gasteiger partial charge in [0.05, 0.1) is 10.5 Å². The van der Waals surface area contributed by atoms with Crippen LogP contribution in [0.5, 0.6) is 0 Å². The van der Waals surface area contributed by atoms with Gasteiger partial charge in [-0.25, -0.2) is 13.1 Å². The van der Waals surface area contributed by atoms with Gasteiger partial charge in [0.2, 0.25) is 10.0 Å². The highest BCUT2D eigenvalue weighted by Gasteiger charge is 2.34. The lowest BCUT2D eigenvalue weighted by molar-refractivity contribution is -0.137. The Kier molecular flexibility index (Phi) is 4.32. The van der Waals surface area contributed by atoms with Crippen molar-refractivity contribution < 1.29 is 21.6 Å². The number of piperidine rings is 1. The van der Waals surface area contributed by atoms with Gasteiger partial charge in [-0.3, -0.25) is 0 Å². The van der Waals surface area contributed by atoms with Crippen LogP contribution in [0.25, 0.3) is 0 Å². The molecule has 1 aliphatic rings. The average Bonchev–Trinajstić information content (AvgIpc) is 2.37. The zero-order chi connectivity index (χ0) is 15.7. The van der Waals surface area contributed by atoms with E-state index in [4.69, 9.17) is 0 Å². The first-order valence-corrected chi connectivity index (χ1v) is 8.03. The lowest BCUT2D eigenvalue weighted by Crippen LogP contribution is -2.52. The van der Waals surface area contributed by atoms with Gasteiger partial charge in [0.15, 0.2) is 0 Å². The predicted octanol–water partition coefficient (Wildman–Crippen LogP) is 2.13. The molecule has 21 heavy (non-hydrogen) atoms. The van der Waals surface area contributed by atoms with E-state index >= 15 is 0 Å². The van der Waals surface area contributed by atoms with Crippen LogP contribution in [0, 0.1) is 0 Å². The van der Waals surface area contributed by atoms with Crippen molar-refractivity contribution in [2.24, 2.45) is 0 Å². The molecule has 2 rings (SSSR count). The third kappa shape index (κ3) is 3.96. The van der Waals surface area contributed by atoms with E-state index < -0.39 is 27.3 Å². The summed E-state index contributed by atoms with van der Waals surface area (Å²) in [4.78, 5) is -0.364. The van der Waals surface area contributed by atoms with Gasteiger partial charge in [-0.05, 0) is 51.1 Å². The predicted molar refractivity (Wildman–Crippen MR) is 72.3 cm³/mol. The van der Waals surface area contributed by atoms with Crippen molar-refractivity contribution in [3.8, 4) is 0 Å². The molecule has 1 saturated heterocycles. The van der Waals surface area contributed by atoms with E-state index in [-0.39, 0.29) is 4.90 Å². The Morgan fingerprint density at radius 2 is 1.86 bits per heavy atom. The summed E-state index contributed by atoms with van der Waals surface area (Å²) in [5.41, 5.74) is -1.61. The number of hydrogen-bond donors (Lipinski definition) is 2. The molecule has 1 heterocycles. The van der Waals surface area contributed by atoms with Gasteiger partial charge in [0, 0.05) is 5.54 Å². The van der Waals surface area contributed by atoms with E-state index in [1.165, 1.54) is 6.07 Å². The Morgan fingerprint density at radius 3 is 2.43 bits per heavy atom. The van der Waals surface area contributed by atoms with Crippen molar-refractivity contribution in [2.45, 2.75) is 36.4 Å². The fraction of sp³-hybridized carbons (Fsp3) is 0.538. The van der Waals surface area contributed by atoms with Crippen molar-refractivity contribution in [1.29, 1.82) is 0 Å². The molecule has 0 aliphatic carbocycles. The number of alkyl halides is 3. The average molecular weight is 322 g/mol. The molecule has 0 amide bonds. The molecule has 8 heteroatoms. The van der Waals surface area contributed by atoms with Crippen LogP contribution < -0.4 is 10.0 Å². The maximum atomic E-state index is 12.7. The van der Waals surface area contributed by atoms with E-state index in [0.29, 0.717) is 32.0 Å². The molecule has 1 aromatic carbocycles. The molecule has 0 aromatic heterocycles. The highest BCUT2D eigenvalue weighted by molar-refractivity contribution is 7.89. The highest BCUT2D eigenvalue weighted by Crippen LogP contribution is 2.31. The van der Waals surface area contributed by atoms with Crippen LogP contribution in [-0.2, 0) is 16.2 Å². The molecule has 1 aromatic rings. The summed E-state index contributed by atoms with van der Waals surface area (Å²) in [5.74, 6) is 0. The van der Waals surface area contributed by atoms with Crippen LogP contribution in [0.4, 0.5) is 13.2 Å². The number of nitrogens with one attached hydrogen (secondary N) is 2. The molecular formula is C13H17F3N2O2S. The topological polar surface area (TPSA) is 58.2 Å². The quantitative estimate of drug-likeness (QED) is 0.896. The van der Waals surface area contributed by atoms with E-state index in [1.54, 1.807) is 6.92 Å². The van der Waals surface area contributed by atoms with Crippen molar-refractivity contribution in [3.63, 3.8) is 0 Å². The minimum Gasteiger partial charge on any atom is -0.317 e. The number of sulfonamides is 1. The smallest absolute Gasteiger partial charge is 0.317 e. The normalized spacial score (nSPS) is 19.4. The van der Waals surface area contributed by atoms with Crippen LogP contribution in [-0.4, -0.2) is 27.0 Å². The number of rotatable bonds is 3. The first-order chi connectivity index (χ1) is 9.62. The summed E-state index contributed by atoms with van der Waals surface area (Å²) in [7, 11) is -3.98. The van der Waals surface area contributed by atoms with E-state index in [9.17, 15) is 21.6 Å². The van der Waals surface area contributed by atoms with E-state index in [0.717, 1.165) is 12.1 Å². The molecule has 2 N–H and O–H groups in total. The summed E-state index contributed by atoms with van der Waals surface area (Å²) < 4.78 is 65.1. The van der Waals surface area contributed by atoms with Gasteiger partial charge in [0.1, 0.15) is 0 Å². The molecule has 1 fully saturated rings. The van der Waals surface area contributed by atoms with Gasteiger partial charge in [-0.2, -0.15) is 13.2 Å². The summed E-state index contributed by atoms with van der Waals surface area (Å²) in [6, 6.07) is 3.78. The van der Waals surface area contributed by atoms with Gasteiger partial charge >= 0.3 is 6.18 Å². The van der Waals surface area contributed by atoms with Crippen LogP contribution in [0.1, 0.15) is 25.3 Å². The summed E-state index contributed by atoms with van der Waals surface area (Å²) in [5, 5.41) is 3.11. The monoisotopic (exact) mass is 322 g/mol. The van der Waals surface area contributed by atoms with Crippen molar-refractivity contribution in [1.82, 2.24) is 10.0 Å². The van der Waals surface area contributed by atoms with Crippen LogP contribution >= 0.6 is 0 Å². The van der Waals surface area contributed by atoms with Crippen molar-refractivity contribution in [2.75, 3.05) is 13.1 Å². The first kappa shape index (κ1) is 16.3. The molecule has 1 aliphatic heterocycles. The second kappa shape index (κ2) is 5.58. The SMILES string of the molecule is CC1(NS(=O)(=O)c2cccc(C(F)(F)F)c2)CCNCC1. The van der Waals surface area contributed by atoms with Gasteiger partial charge < -0.3 is 5.32 Å². The van der Waals surface area contributed by atoms with Crippen molar-refractivity contribution >= 4 is 10.0 Å². The summed E-state index contributed by atoms with van der Waals surface area (Å²) in [6.07, 6.45) is -3.39. The van der Waals surface area contributed by atoms with Crippen molar-refractivity contribution in [3.05, 3.63) is 29.8 Å². The molecule has 0 saturated carbocycles. The standard InChI is InChI=1S/C13H17F3N2O2S/c1-12(5-7-17-8-6-12)18-21(19,20)11-4-2-3-10(9-11)13(14,15)16/h2-4,9,17-18H,5-8H2,1H3. The Morgan fingerprint density at radius 1 is 1.24 bits per heavy atom. The first-order valence-electron chi connectivity index (χ1n) is 6.54. The summed E-state index contributed by atoms with van der Waals surface area (Å²) >= 11 is 0. The minimum absolute atomic E-state index is 0.364. The lowest BCUT2D eigenvalue weighted by Gasteiger charge is -2.34. The van der Waals surface area contributed by atoms with E-state index in [2.05, 4.69) is 10.0 Å². The number of benzene rings is 1. The second-order valence-corrected chi connectivity index (χ2v) is 7.12. The molecular weight excluding hydrogens is 305 g/mol. The van der Waals surface area contributed by atoms with Gasteiger partial charge in [-0.1, -0.05) is 6.07 Å². The lowest BCUT2D eigenvalue weighted by atomic mass is 9.92. The zero-order valence-electron chi connectivity index (χ0n) is 11.5. The maximum absolute atomic E-state index is 12.7. The molecule has 0 spiro atoms. The van der Waals surface area contributed by atoms with Crippen LogP contribution in [0.3, 0.4) is 0 Å². The fourth-order valence-corrected chi connectivity index (χ4v) is 3.81.